The quantitative estimate of drug-likeness (QED) is 0.201. The molecule has 172 valence electrons. The highest BCUT2D eigenvalue weighted by molar-refractivity contribution is 5.62. The van der Waals surface area contributed by atoms with Gasteiger partial charge in [-0.25, -0.2) is 0 Å². The van der Waals surface area contributed by atoms with Gasteiger partial charge in [-0.15, -0.1) is 0 Å². The molecule has 0 aromatic rings. The summed E-state index contributed by atoms with van der Waals surface area (Å²) in [6.07, 6.45) is -12.2. The molecule has 29 heavy (non-hydrogen) atoms. The monoisotopic (exact) mass is 429 g/mol. The first-order chi connectivity index (χ1) is 13.5. The van der Waals surface area contributed by atoms with Gasteiger partial charge in [0, 0.05) is 34.2 Å². The van der Waals surface area contributed by atoms with Crippen LogP contribution in [0.4, 0.5) is 0 Å². The SMILES string of the molecule is CC(=O)O.CO[C@H]1O[C@H](CNC[C@H]2O[C@H](OC)[C@H](O)[C@@H](O)[C@@H]2O)[C@@H](O)[C@H](O)[C@@H]1O. The van der Waals surface area contributed by atoms with Crippen LogP contribution in [0.25, 0.3) is 0 Å². The molecule has 2 saturated heterocycles. The van der Waals surface area contributed by atoms with Gasteiger partial charge < -0.3 is 60.0 Å². The Bertz CT molecular complexity index is 453. The van der Waals surface area contributed by atoms with Crippen LogP contribution in [0.3, 0.4) is 0 Å². The van der Waals surface area contributed by atoms with E-state index in [0.29, 0.717) is 0 Å². The van der Waals surface area contributed by atoms with E-state index in [9.17, 15) is 30.6 Å². The maximum atomic E-state index is 9.96. The highest BCUT2D eigenvalue weighted by atomic mass is 16.7. The second-order valence-electron chi connectivity index (χ2n) is 6.68. The first-order valence-corrected chi connectivity index (χ1v) is 8.90. The summed E-state index contributed by atoms with van der Waals surface area (Å²) in [6, 6.07) is 0. The molecule has 0 saturated carbocycles. The Morgan fingerprint density at radius 1 is 0.759 bits per heavy atom. The van der Waals surface area contributed by atoms with E-state index in [1.807, 2.05) is 0 Å². The fraction of sp³-hybridized carbons (Fsp3) is 0.938. The molecule has 0 aliphatic carbocycles. The van der Waals surface area contributed by atoms with Crippen LogP contribution in [-0.4, -0.2) is 130 Å². The van der Waals surface area contributed by atoms with Crippen molar-refractivity contribution in [2.24, 2.45) is 0 Å². The summed E-state index contributed by atoms with van der Waals surface area (Å²) in [5.41, 5.74) is 0. The van der Waals surface area contributed by atoms with Crippen molar-refractivity contribution in [2.45, 2.75) is 68.3 Å². The molecule has 2 rings (SSSR count). The number of carbonyl (C=O) groups is 1. The average Bonchev–Trinajstić information content (AvgIpc) is 2.67. The van der Waals surface area contributed by atoms with E-state index in [0.717, 1.165) is 6.92 Å². The Kier molecular flexibility index (Phi) is 10.8. The Morgan fingerprint density at radius 2 is 1.07 bits per heavy atom. The number of aliphatic hydroxyl groups excluding tert-OH is 6. The average molecular weight is 429 g/mol. The zero-order valence-electron chi connectivity index (χ0n) is 16.4. The fourth-order valence-corrected chi connectivity index (χ4v) is 2.93. The third kappa shape index (κ3) is 7.04. The van der Waals surface area contributed by atoms with Crippen LogP contribution in [0.1, 0.15) is 6.92 Å². The number of nitrogens with one attached hydrogen (secondary N) is 1. The molecule has 2 fully saturated rings. The van der Waals surface area contributed by atoms with Crippen LogP contribution in [0.2, 0.25) is 0 Å². The molecule has 10 atom stereocenters. The van der Waals surface area contributed by atoms with Gasteiger partial charge in [0.1, 0.15) is 48.8 Å². The highest BCUT2D eigenvalue weighted by Crippen LogP contribution is 2.23. The second kappa shape index (κ2) is 12.0. The van der Waals surface area contributed by atoms with E-state index in [1.54, 1.807) is 0 Å². The number of hydrogen-bond donors (Lipinski definition) is 8. The summed E-state index contributed by atoms with van der Waals surface area (Å²) in [7, 11) is 2.60. The van der Waals surface area contributed by atoms with Gasteiger partial charge in [-0.2, -0.15) is 0 Å². The van der Waals surface area contributed by atoms with Crippen LogP contribution < -0.4 is 5.32 Å². The van der Waals surface area contributed by atoms with Crippen molar-refractivity contribution >= 4 is 5.97 Å². The number of rotatable bonds is 6. The third-order valence-corrected chi connectivity index (χ3v) is 4.49. The molecule has 0 unspecified atom stereocenters. The van der Waals surface area contributed by atoms with Crippen molar-refractivity contribution in [3.8, 4) is 0 Å². The highest BCUT2D eigenvalue weighted by Gasteiger charge is 2.45. The Morgan fingerprint density at radius 3 is 1.34 bits per heavy atom. The zero-order valence-corrected chi connectivity index (χ0v) is 16.4. The summed E-state index contributed by atoms with van der Waals surface area (Å²) in [5.74, 6) is -0.833. The summed E-state index contributed by atoms with van der Waals surface area (Å²) >= 11 is 0. The molecule has 13 heteroatoms. The molecule has 2 aliphatic rings. The number of hydrogen-bond acceptors (Lipinski definition) is 12. The zero-order chi connectivity index (χ0) is 22.3. The standard InChI is InChI=1S/C14H27NO10.C2H4O2/c1-22-13-11(20)9(18)7(16)5(24-13)3-15-4-6-8(17)10(19)12(21)14(23-2)25-6;1-2(3)4/h5-21H,3-4H2,1-2H3;1H3,(H,3,4)/t5-,6-,7-,8-,9+,10+,11-,12+,13+,14+;/m1./s1. The van der Waals surface area contributed by atoms with Gasteiger partial charge >= 0.3 is 0 Å². The van der Waals surface area contributed by atoms with Gasteiger partial charge in [0.2, 0.25) is 0 Å². The summed E-state index contributed by atoms with van der Waals surface area (Å²) in [5, 5.41) is 69.2. The number of aliphatic carboxylic acids is 1. The number of ether oxygens (including phenoxy) is 4. The summed E-state index contributed by atoms with van der Waals surface area (Å²) < 4.78 is 20.5. The first-order valence-electron chi connectivity index (χ1n) is 8.90. The largest absolute Gasteiger partial charge is 0.481 e. The fourth-order valence-electron chi connectivity index (χ4n) is 2.93. The van der Waals surface area contributed by atoms with E-state index >= 15 is 0 Å². The van der Waals surface area contributed by atoms with Gasteiger partial charge in [0.25, 0.3) is 5.97 Å². The van der Waals surface area contributed by atoms with E-state index < -0.39 is 67.4 Å². The maximum absolute atomic E-state index is 9.96. The molecule has 2 aliphatic heterocycles. The minimum Gasteiger partial charge on any atom is -0.481 e. The molecular formula is C16H31NO12. The molecule has 0 bridgehead atoms. The lowest BCUT2D eigenvalue weighted by molar-refractivity contribution is -0.292. The van der Waals surface area contributed by atoms with Gasteiger partial charge in [0.05, 0.1) is 0 Å². The molecule has 2 heterocycles. The molecule has 0 aromatic heterocycles. The predicted molar refractivity (Wildman–Crippen MR) is 93.6 cm³/mol. The van der Waals surface area contributed by atoms with Gasteiger partial charge in [-0.1, -0.05) is 0 Å². The first kappa shape index (κ1) is 26.1. The Balaban J connectivity index is 0.000000960. The molecular weight excluding hydrogens is 398 g/mol. The van der Waals surface area contributed by atoms with Gasteiger partial charge in [-0.05, 0) is 0 Å². The third-order valence-electron chi connectivity index (χ3n) is 4.49. The van der Waals surface area contributed by atoms with Crippen molar-refractivity contribution in [2.75, 3.05) is 27.3 Å². The maximum Gasteiger partial charge on any atom is 0.300 e. The van der Waals surface area contributed by atoms with Crippen LogP contribution in [-0.2, 0) is 23.7 Å². The van der Waals surface area contributed by atoms with Gasteiger partial charge in [0.15, 0.2) is 12.6 Å². The van der Waals surface area contributed by atoms with Crippen molar-refractivity contribution in [1.82, 2.24) is 5.32 Å². The predicted octanol–water partition coefficient (Wildman–Crippen LogP) is -4.43. The van der Waals surface area contributed by atoms with E-state index in [1.165, 1.54) is 14.2 Å². The summed E-state index contributed by atoms with van der Waals surface area (Å²) in [6.45, 7) is 1.18. The van der Waals surface area contributed by atoms with E-state index in [-0.39, 0.29) is 13.1 Å². The second-order valence-corrected chi connectivity index (χ2v) is 6.68. The normalized spacial score (nSPS) is 42.7. The number of carboxylic acid groups (broad SMARTS) is 1. The van der Waals surface area contributed by atoms with Crippen LogP contribution in [0.15, 0.2) is 0 Å². The van der Waals surface area contributed by atoms with Crippen molar-refractivity contribution in [3.63, 3.8) is 0 Å². The van der Waals surface area contributed by atoms with Crippen LogP contribution in [0, 0.1) is 0 Å². The van der Waals surface area contributed by atoms with Crippen molar-refractivity contribution < 1.29 is 59.5 Å². The Hall–Kier alpha value is -0.970. The lowest BCUT2D eigenvalue weighted by Crippen LogP contribution is -2.62. The van der Waals surface area contributed by atoms with Crippen LogP contribution in [0.5, 0.6) is 0 Å². The van der Waals surface area contributed by atoms with E-state index in [4.69, 9.17) is 28.8 Å². The molecule has 8 N–H and O–H groups in total. The van der Waals surface area contributed by atoms with Gasteiger partial charge in [-0.3, -0.25) is 4.79 Å². The van der Waals surface area contributed by atoms with E-state index in [2.05, 4.69) is 5.32 Å². The summed E-state index contributed by atoms with van der Waals surface area (Å²) in [4.78, 5) is 9.00. The lowest BCUT2D eigenvalue weighted by atomic mass is 9.97. The minimum absolute atomic E-state index is 0.0493. The van der Waals surface area contributed by atoms with Crippen LogP contribution >= 0.6 is 0 Å². The molecule has 0 amide bonds. The number of methoxy groups -OCH3 is 2. The topological polar surface area (TPSA) is 208 Å². The van der Waals surface area contributed by atoms with Crippen molar-refractivity contribution in [1.29, 1.82) is 0 Å². The smallest absolute Gasteiger partial charge is 0.300 e. The molecule has 0 spiro atoms. The molecule has 13 nitrogen and oxygen atoms in total. The number of aliphatic hydroxyl groups is 6. The van der Waals surface area contributed by atoms with Crippen molar-refractivity contribution in [3.05, 3.63) is 0 Å². The minimum atomic E-state index is -1.43. The Labute approximate surface area is 167 Å². The molecule has 0 radical (unpaired) electrons. The molecule has 0 aromatic carbocycles. The number of carboxylic acids is 1. The lowest BCUT2D eigenvalue weighted by Gasteiger charge is -2.41.